The first-order chi connectivity index (χ1) is 8.24. The summed E-state index contributed by atoms with van der Waals surface area (Å²) < 4.78 is 1.18. The number of hydrogen-bond donors (Lipinski definition) is 1. The van der Waals surface area contributed by atoms with Crippen LogP contribution in [0.15, 0.2) is 18.2 Å². The second-order valence-corrected chi connectivity index (χ2v) is 5.17. The van der Waals surface area contributed by atoms with Crippen LogP contribution in [0.3, 0.4) is 0 Å². The molecule has 92 valence electrons. The topological polar surface area (TPSA) is 42.2 Å². The zero-order valence-corrected chi connectivity index (χ0v) is 11.3. The van der Waals surface area contributed by atoms with Crippen LogP contribution in [0.1, 0.15) is 26.7 Å². The van der Waals surface area contributed by atoms with Crippen molar-refractivity contribution >= 4 is 32.4 Å². The smallest absolute Gasteiger partial charge is 0.186 e. The molecule has 2 N–H and O–H groups in total. The van der Waals surface area contributed by atoms with Crippen LogP contribution in [0, 0.1) is 0 Å². The molecular formula is C13H19N3S. The van der Waals surface area contributed by atoms with E-state index in [1.165, 1.54) is 17.5 Å². The summed E-state index contributed by atoms with van der Waals surface area (Å²) in [7, 11) is 0. The van der Waals surface area contributed by atoms with Crippen molar-refractivity contribution in [2.45, 2.75) is 26.7 Å². The molecule has 0 atom stereocenters. The molecule has 3 nitrogen and oxygen atoms in total. The molecule has 17 heavy (non-hydrogen) atoms. The summed E-state index contributed by atoms with van der Waals surface area (Å²) in [5.41, 5.74) is 7.65. The molecule has 0 aliphatic heterocycles. The first kappa shape index (κ1) is 12.2. The number of anilines is 2. The number of fused-ring (bicyclic) bond motifs is 1. The van der Waals surface area contributed by atoms with Gasteiger partial charge in [0.15, 0.2) is 5.13 Å². The molecule has 1 aromatic carbocycles. The van der Waals surface area contributed by atoms with Gasteiger partial charge in [-0.05, 0) is 31.5 Å². The van der Waals surface area contributed by atoms with Crippen molar-refractivity contribution in [3.05, 3.63) is 18.2 Å². The number of nitrogens with two attached hydrogens (primary N) is 1. The maximum Gasteiger partial charge on any atom is 0.186 e. The Bertz CT molecular complexity index is 492. The van der Waals surface area contributed by atoms with E-state index in [9.17, 15) is 0 Å². The van der Waals surface area contributed by atoms with Crippen LogP contribution in [0.2, 0.25) is 0 Å². The summed E-state index contributed by atoms with van der Waals surface area (Å²) in [6.07, 6.45) is 2.43. The highest BCUT2D eigenvalue weighted by atomic mass is 32.1. The van der Waals surface area contributed by atoms with Crippen LogP contribution in [0.25, 0.3) is 10.2 Å². The first-order valence-corrected chi connectivity index (χ1v) is 6.97. The highest BCUT2D eigenvalue weighted by molar-refractivity contribution is 7.22. The van der Waals surface area contributed by atoms with Gasteiger partial charge in [0.2, 0.25) is 0 Å². The predicted octanol–water partition coefficient (Wildman–Crippen LogP) is 3.50. The Labute approximate surface area is 106 Å². The van der Waals surface area contributed by atoms with Gasteiger partial charge >= 0.3 is 0 Å². The van der Waals surface area contributed by atoms with Crippen molar-refractivity contribution in [1.82, 2.24) is 4.98 Å². The average Bonchev–Trinajstić information content (AvgIpc) is 2.72. The second kappa shape index (κ2) is 5.36. The highest BCUT2D eigenvalue weighted by Gasteiger charge is 2.10. The lowest BCUT2D eigenvalue weighted by molar-refractivity contribution is 0.731. The van der Waals surface area contributed by atoms with Gasteiger partial charge in [0.05, 0.1) is 10.2 Å². The maximum atomic E-state index is 5.79. The van der Waals surface area contributed by atoms with E-state index >= 15 is 0 Å². The van der Waals surface area contributed by atoms with Gasteiger partial charge < -0.3 is 10.6 Å². The van der Waals surface area contributed by atoms with Gasteiger partial charge in [-0.15, -0.1) is 0 Å². The van der Waals surface area contributed by atoms with Crippen LogP contribution in [-0.4, -0.2) is 18.1 Å². The molecule has 0 saturated carbocycles. The molecule has 1 heterocycles. The first-order valence-electron chi connectivity index (χ1n) is 6.15. The number of hydrogen-bond acceptors (Lipinski definition) is 4. The highest BCUT2D eigenvalue weighted by Crippen LogP contribution is 2.30. The maximum absolute atomic E-state index is 5.79. The lowest BCUT2D eigenvalue weighted by Crippen LogP contribution is -2.23. The number of nitrogen functional groups attached to an aromatic ring is 1. The summed E-state index contributed by atoms with van der Waals surface area (Å²) in [4.78, 5) is 7.00. The Hall–Kier alpha value is -1.29. The molecule has 0 aliphatic rings. The van der Waals surface area contributed by atoms with Crippen molar-refractivity contribution in [1.29, 1.82) is 0 Å². The molecule has 2 aromatic rings. The Morgan fingerprint density at radius 2 is 2.18 bits per heavy atom. The van der Waals surface area contributed by atoms with E-state index in [0.29, 0.717) is 0 Å². The minimum Gasteiger partial charge on any atom is -0.399 e. The quantitative estimate of drug-likeness (QED) is 0.825. The molecule has 0 radical (unpaired) electrons. The minimum atomic E-state index is 0.810. The standard InChI is InChI=1S/C13H19N3S/c1-3-5-8-16(4-2)13-15-11-7-6-10(14)9-12(11)17-13/h6-7,9H,3-5,8,14H2,1-2H3. The Kier molecular flexibility index (Phi) is 3.84. The zero-order valence-electron chi connectivity index (χ0n) is 10.4. The third-order valence-electron chi connectivity index (χ3n) is 2.84. The van der Waals surface area contributed by atoms with E-state index in [0.717, 1.165) is 29.4 Å². The van der Waals surface area contributed by atoms with Crippen molar-refractivity contribution in [3.8, 4) is 0 Å². The molecule has 0 spiro atoms. The van der Waals surface area contributed by atoms with E-state index in [-0.39, 0.29) is 0 Å². The molecular weight excluding hydrogens is 230 g/mol. The number of unbranched alkanes of at least 4 members (excludes halogenated alkanes) is 1. The number of thiazole rings is 1. The molecule has 0 unspecified atom stereocenters. The van der Waals surface area contributed by atoms with Crippen LogP contribution >= 0.6 is 11.3 Å². The predicted molar refractivity (Wildman–Crippen MR) is 76.8 cm³/mol. The van der Waals surface area contributed by atoms with Crippen LogP contribution in [-0.2, 0) is 0 Å². The van der Waals surface area contributed by atoms with E-state index < -0.39 is 0 Å². The Balaban J connectivity index is 2.27. The fraction of sp³-hybridized carbons (Fsp3) is 0.462. The van der Waals surface area contributed by atoms with Gasteiger partial charge in [0, 0.05) is 18.8 Å². The van der Waals surface area contributed by atoms with Crippen molar-refractivity contribution in [3.63, 3.8) is 0 Å². The van der Waals surface area contributed by atoms with Gasteiger partial charge in [-0.2, -0.15) is 0 Å². The van der Waals surface area contributed by atoms with Crippen LogP contribution in [0.4, 0.5) is 10.8 Å². The average molecular weight is 249 g/mol. The molecule has 1 aromatic heterocycles. The molecule has 0 saturated heterocycles. The van der Waals surface area contributed by atoms with Crippen LogP contribution < -0.4 is 10.6 Å². The molecule has 0 bridgehead atoms. The van der Waals surface area contributed by atoms with Crippen LogP contribution in [0.5, 0.6) is 0 Å². The molecule has 2 rings (SSSR count). The SMILES string of the molecule is CCCCN(CC)c1nc2ccc(N)cc2s1. The summed E-state index contributed by atoms with van der Waals surface area (Å²) in [6, 6.07) is 5.91. The van der Waals surface area contributed by atoms with E-state index in [1.807, 2.05) is 18.2 Å². The van der Waals surface area contributed by atoms with E-state index in [4.69, 9.17) is 5.73 Å². The minimum absolute atomic E-state index is 0.810. The summed E-state index contributed by atoms with van der Waals surface area (Å²) in [6.45, 7) is 6.49. The van der Waals surface area contributed by atoms with Gasteiger partial charge in [0.25, 0.3) is 0 Å². The van der Waals surface area contributed by atoms with Gasteiger partial charge in [0.1, 0.15) is 0 Å². The summed E-state index contributed by atoms with van der Waals surface area (Å²) >= 11 is 1.73. The number of nitrogens with zero attached hydrogens (tertiary/aromatic N) is 2. The molecule has 0 fully saturated rings. The Morgan fingerprint density at radius 3 is 2.88 bits per heavy atom. The Morgan fingerprint density at radius 1 is 1.35 bits per heavy atom. The zero-order chi connectivity index (χ0) is 12.3. The van der Waals surface area contributed by atoms with Gasteiger partial charge in [-0.3, -0.25) is 0 Å². The fourth-order valence-electron chi connectivity index (χ4n) is 1.80. The number of rotatable bonds is 5. The summed E-state index contributed by atoms with van der Waals surface area (Å²) in [5.74, 6) is 0. The fourth-order valence-corrected chi connectivity index (χ4v) is 2.91. The van der Waals surface area contributed by atoms with Gasteiger partial charge in [-0.1, -0.05) is 24.7 Å². The molecule has 4 heteroatoms. The van der Waals surface area contributed by atoms with Crippen molar-refractivity contribution in [2.24, 2.45) is 0 Å². The number of aromatic nitrogens is 1. The third-order valence-corrected chi connectivity index (χ3v) is 3.91. The van der Waals surface area contributed by atoms with E-state index in [1.54, 1.807) is 11.3 Å². The largest absolute Gasteiger partial charge is 0.399 e. The molecule has 0 aliphatic carbocycles. The lowest BCUT2D eigenvalue weighted by atomic mass is 10.3. The third kappa shape index (κ3) is 2.69. The normalized spacial score (nSPS) is 10.9. The van der Waals surface area contributed by atoms with E-state index in [2.05, 4.69) is 23.7 Å². The number of benzene rings is 1. The monoisotopic (exact) mass is 249 g/mol. The summed E-state index contributed by atoms with van der Waals surface area (Å²) in [5, 5.41) is 1.11. The second-order valence-electron chi connectivity index (χ2n) is 4.16. The molecule has 0 amide bonds. The van der Waals surface area contributed by atoms with Crippen molar-refractivity contribution in [2.75, 3.05) is 23.7 Å². The van der Waals surface area contributed by atoms with Gasteiger partial charge in [-0.25, -0.2) is 4.98 Å². The van der Waals surface area contributed by atoms with Crippen molar-refractivity contribution < 1.29 is 0 Å². The lowest BCUT2D eigenvalue weighted by Gasteiger charge is -2.18.